The molecule has 0 saturated carbocycles. The van der Waals surface area contributed by atoms with Gasteiger partial charge in [0.2, 0.25) is 5.96 Å². The number of nitrogens with one attached hydrogen (secondary N) is 1. The summed E-state index contributed by atoms with van der Waals surface area (Å²) in [6.07, 6.45) is -0.440. The molecule has 0 radical (unpaired) electrons. The molecular weight excluding hydrogens is 309 g/mol. The molecule has 10 heteroatoms. The fraction of sp³-hybridized carbons (Fsp3) is 0.0909. The first kappa shape index (κ1) is 13.6. The molecule has 0 aliphatic carbocycles. The summed E-state index contributed by atoms with van der Waals surface area (Å²) in [6, 6.07) is 2.42. The number of fused-ring (bicyclic) bond motifs is 1. The number of hydrogen-bond acceptors (Lipinski definition) is 4. The van der Waals surface area contributed by atoms with Crippen LogP contribution >= 0.6 is 0 Å². The topological polar surface area (TPSA) is 76.3 Å². The van der Waals surface area contributed by atoms with E-state index >= 15 is 0 Å². The van der Waals surface area contributed by atoms with Crippen LogP contribution in [-0.2, 0) is 16.2 Å². The molecule has 0 saturated heterocycles. The van der Waals surface area contributed by atoms with Gasteiger partial charge < -0.3 is 5.32 Å². The summed E-state index contributed by atoms with van der Waals surface area (Å²) in [6.45, 7) is 0. The van der Waals surface area contributed by atoms with E-state index in [2.05, 4.69) is 14.7 Å². The standard InChI is InChI=1S/C11H7F3N4O2S/c12-11(13,14)7-1-2-8-9(5-7)21(19,20)17-10(16-8)18-4-3-15-6-18/h1-6H,(H,16,17). The first-order valence-electron chi connectivity index (χ1n) is 5.59. The summed E-state index contributed by atoms with van der Waals surface area (Å²) in [5.74, 6) is -0.0558. The Balaban J connectivity index is 2.13. The van der Waals surface area contributed by atoms with Crippen LogP contribution in [0.4, 0.5) is 18.9 Å². The van der Waals surface area contributed by atoms with Gasteiger partial charge in [0.25, 0.3) is 10.0 Å². The van der Waals surface area contributed by atoms with E-state index in [1.165, 1.54) is 23.3 Å². The van der Waals surface area contributed by atoms with Crippen LogP contribution in [-0.4, -0.2) is 23.9 Å². The average molecular weight is 316 g/mol. The highest BCUT2D eigenvalue weighted by Crippen LogP contribution is 2.35. The van der Waals surface area contributed by atoms with E-state index in [0.29, 0.717) is 6.07 Å². The number of anilines is 1. The lowest BCUT2D eigenvalue weighted by Gasteiger charge is -2.19. The molecule has 3 rings (SSSR count). The molecule has 0 spiro atoms. The second-order valence-electron chi connectivity index (χ2n) is 4.19. The van der Waals surface area contributed by atoms with E-state index in [4.69, 9.17) is 0 Å². The highest BCUT2D eigenvalue weighted by atomic mass is 32.2. The van der Waals surface area contributed by atoms with Gasteiger partial charge in [-0.1, -0.05) is 0 Å². The molecule has 0 fully saturated rings. The van der Waals surface area contributed by atoms with Gasteiger partial charge in [-0.3, -0.25) is 4.57 Å². The molecule has 0 atom stereocenters. The Kier molecular flexibility index (Phi) is 2.80. The number of alkyl halides is 3. The molecule has 0 unspecified atom stereocenters. The first-order valence-corrected chi connectivity index (χ1v) is 7.03. The van der Waals surface area contributed by atoms with Crippen molar-refractivity contribution in [3.8, 4) is 0 Å². The lowest BCUT2D eigenvalue weighted by Crippen LogP contribution is -2.27. The van der Waals surface area contributed by atoms with E-state index in [-0.39, 0.29) is 11.6 Å². The third kappa shape index (κ3) is 2.37. The molecule has 6 nitrogen and oxygen atoms in total. The van der Waals surface area contributed by atoms with Gasteiger partial charge >= 0.3 is 6.18 Å². The molecular formula is C11H7F3N4O2S. The van der Waals surface area contributed by atoms with Gasteiger partial charge in [-0.15, -0.1) is 4.40 Å². The molecule has 1 N–H and O–H groups in total. The van der Waals surface area contributed by atoms with E-state index in [0.717, 1.165) is 12.1 Å². The number of hydrogen-bond donors (Lipinski definition) is 1. The zero-order valence-electron chi connectivity index (χ0n) is 10.2. The van der Waals surface area contributed by atoms with E-state index in [1.54, 1.807) is 0 Å². The zero-order chi connectivity index (χ0) is 15.3. The van der Waals surface area contributed by atoms with Crippen LogP contribution in [0.5, 0.6) is 0 Å². The van der Waals surface area contributed by atoms with Crippen LogP contribution in [0.25, 0.3) is 0 Å². The Morgan fingerprint density at radius 2 is 2.00 bits per heavy atom. The van der Waals surface area contributed by atoms with Crippen molar-refractivity contribution in [3.63, 3.8) is 0 Å². The molecule has 2 heterocycles. The minimum atomic E-state index is -4.63. The lowest BCUT2D eigenvalue weighted by atomic mass is 10.2. The Morgan fingerprint density at radius 3 is 2.62 bits per heavy atom. The fourth-order valence-electron chi connectivity index (χ4n) is 1.82. The van der Waals surface area contributed by atoms with E-state index in [1.807, 2.05) is 0 Å². The zero-order valence-corrected chi connectivity index (χ0v) is 11.0. The van der Waals surface area contributed by atoms with Gasteiger partial charge in [-0.2, -0.15) is 21.6 Å². The summed E-state index contributed by atoms with van der Waals surface area (Å²) in [5, 5.41) is 2.66. The molecule has 1 aromatic heterocycles. The van der Waals surface area contributed by atoms with Crippen molar-refractivity contribution >= 4 is 21.7 Å². The quantitative estimate of drug-likeness (QED) is 0.805. The Hall–Kier alpha value is -2.36. The Labute approximate surface area is 117 Å². The van der Waals surface area contributed by atoms with Crippen molar-refractivity contribution in [2.45, 2.75) is 11.1 Å². The number of benzene rings is 1. The monoisotopic (exact) mass is 316 g/mol. The van der Waals surface area contributed by atoms with Crippen LogP contribution in [0, 0.1) is 0 Å². The molecule has 0 amide bonds. The molecule has 1 aliphatic heterocycles. The van der Waals surface area contributed by atoms with Gasteiger partial charge in [0, 0.05) is 12.4 Å². The lowest BCUT2D eigenvalue weighted by molar-refractivity contribution is -0.137. The summed E-state index contributed by atoms with van der Waals surface area (Å²) in [5.41, 5.74) is -1.02. The third-order valence-electron chi connectivity index (χ3n) is 2.79. The van der Waals surface area contributed by atoms with E-state index < -0.39 is 26.7 Å². The number of sulfonamides is 1. The third-order valence-corrected chi connectivity index (χ3v) is 4.10. The van der Waals surface area contributed by atoms with Crippen molar-refractivity contribution in [1.82, 2.24) is 9.55 Å². The summed E-state index contributed by atoms with van der Waals surface area (Å²) >= 11 is 0. The fourth-order valence-corrected chi connectivity index (χ4v) is 2.96. The van der Waals surface area contributed by atoms with Crippen molar-refractivity contribution in [2.24, 2.45) is 4.40 Å². The predicted octanol–water partition coefficient (Wildman–Crippen LogP) is 1.92. The van der Waals surface area contributed by atoms with Crippen LogP contribution < -0.4 is 5.32 Å². The molecule has 0 bridgehead atoms. The van der Waals surface area contributed by atoms with Crippen molar-refractivity contribution in [2.75, 3.05) is 5.32 Å². The van der Waals surface area contributed by atoms with Gasteiger partial charge in [-0.25, -0.2) is 4.98 Å². The predicted molar refractivity (Wildman–Crippen MR) is 67.3 cm³/mol. The van der Waals surface area contributed by atoms with Crippen LogP contribution in [0.3, 0.4) is 0 Å². The maximum Gasteiger partial charge on any atom is 0.416 e. The smallest absolute Gasteiger partial charge is 0.323 e. The molecule has 110 valence electrons. The van der Waals surface area contributed by atoms with Crippen LogP contribution in [0.15, 0.2) is 46.2 Å². The Morgan fingerprint density at radius 1 is 1.24 bits per heavy atom. The molecule has 2 aromatic rings. The number of aromatic nitrogens is 2. The summed E-state index contributed by atoms with van der Waals surface area (Å²) in [4.78, 5) is 3.23. The number of halogens is 3. The normalized spacial score (nSPS) is 16.8. The van der Waals surface area contributed by atoms with Crippen LogP contribution in [0.1, 0.15) is 5.56 Å². The highest BCUT2D eigenvalue weighted by molar-refractivity contribution is 7.90. The summed E-state index contributed by atoms with van der Waals surface area (Å²) < 4.78 is 66.8. The molecule has 21 heavy (non-hydrogen) atoms. The largest absolute Gasteiger partial charge is 0.416 e. The second-order valence-corrected chi connectivity index (χ2v) is 5.77. The SMILES string of the molecule is O=S1(=O)N=C(n2ccnc2)Nc2ccc(C(F)(F)F)cc21. The van der Waals surface area contributed by atoms with Gasteiger partial charge in [0.05, 0.1) is 11.3 Å². The second kappa shape index (κ2) is 4.32. The maximum absolute atomic E-state index is 12.6. The summed E-state index contributed by atoms with van der Waals surface area (Å²) in [7, 11) is -4.22. The van der Waals surface area contributed by atoms with Crippen molar-refractivity contribution in [3.05, 3.63) is 42.5 Å². The molecule has 1 aliphatic rings. The van der Waals surface area contributed by atoms with Crippen molar-refractivity contribution in [1.29, 1.82) is 0 Å². The van der Waals surface area contributed by atoms with Crippen LogP contribution in [0.2, 0.25) is 0 Å². The number of imidazole rings is 1. The van der Waals surface area contributed by atoms with Gasteiger partial charge in [-0.05, 0) is 18.2 Å². The minimum Gasteiger partial charge on any atom is -0.323 e. The maximum atomic E-state index is 12.6. The average Bonchev–Trinajstić information content (AvgIpc) is 2.90. The van der Waals surface area contributed by atoms with Crippen molar-refractivity contribution < 1.29 is 21.6 Å². The highest BCUT2D eigenvalue weighted by Gasteiger charge is 2.34. The number of nitrogens with zero attached hydrogens (tertiary/aromatic N) is 3. The first-order chi connectivity index (χ1) is 9.77. The van der Waals surface area contributed by atoms with E-state index in [9.17, 15) is 21.6 Å². The molecule has 1 aromatic carbocycles. The minimum absolute atomic E-state index is 0.0294. The van der Waals surface area contributed by atoms with Gasteiger partial charge in [0.15, 0.2) is 0 Å². The number of rotatable bonds is 0. The Bertz CT molecular complexity index is 826. The van der Waals surface area contributed by atoms with Gasteiger partial charge in [0.1, 0.15) is 11.2 Å².